The highest BCUT2D eigenvalue weighted by atomic mass is 79.9. The van der Waals surface area contributed by atoms with Gasteiger partial charge in [-0.15, -0.1) is 0 Å². The second-order valence-corrected chi connectivity index (χ2v) is 4.54. The van der Waals surface area contributed by atoms with Gasteiger partial charge in [-0.1, -0.05) is 0 Å². The largest absolute Gasteiger partial charge is 0.347 e. The second-order valence-electron chi connectivity index (χ2n) is 3.79. The van der Waals surface area contributed by atoms with Crippen LogP contribution >= 0.6 is 15.9 Å². The number of hydrogen-bond donors (Lipinski definition) is 0. The van der Waals surface area contributed by atoms with E-state index in [9.17, 15) is 9.59 Å². The summed E-state index contributed by atoms with van der Waals surface area (Å²) in [6.07, 6.45) is 1.59. The second kappa shape index (κ2) is 5.77. The lowest BCUT2D eigenvalue weighted by molar-refractivity contribution is -0.129. The molecular formula is C11H14BrN3O2. The number of likely N-dealkylation sites (N-methyl/N-ethyl adjacent to an activating group) is 2. The maximum atomic E-state index is 12.0. The summed E-state index contributed by atoms with van der Waals surface area (Å²) in [5.41, 5.74) is 0.446. The first-order chi connectivity index (χ1) is 7.93. The van der Waals surface area contributed by atoms with E-state index < -0.39 is 0 Å². The molecule has 0 bridgehead atoms. The molecule has 0 saturated carbocycles. The minimum atomic E-state index is -0.236. The molecule has 5 nitrogen and oxygen atoms in total. The minimum Gasteiger partial charge on any atom is -0.347 e. The van der Waals surface area contributed by atoms with Gasteiger partial charge in [0.1, 0.15) is 4.60 Å². The topological polar surface area (TPSA) is 53.5 Å². The molecule has 0 radical (unpaired) electrons. The molecule has 1 rings (SSSR count). The Balaban J connectivity index is 2.77. The highest BCUT2D eigenvalue weighted by molar-refractivity contribution is 9.10. The van der Waals surface area contributed by atoms with Crippen LogP contribution in [0.5, 0.6) is 0 Å². The fraction of sp³-hybridized carbons (Fsp3) is 0.364. The van der Waals surface area contributed by atoms with Crippen LogP contribution in [-0.2, 0) is 4.79 Å². The summed E-state index contributed by atoms with van der Waals surface area (Å²) in [6, 6.07) is 3.34. The zero-order valence-corrected chi connectivity index (χ0v) is 11.6. The summed E-state index contributed by atoms with van der Waals surface area (Å²) in [5, 5.41) is 0. The van der Waals surface area contributed by atoms with Gasteiger partial charge >= 0.3 is 0 Å². The van der Waals surface area contributed by atoms with Crippen LogP contribution in [-0.4, -0.2) is 54.3 Å². The Morgan fingerprint density at radius 2 is 2.00 bits per heavy atom. The monoisotopic (exact) mass is 299 g/mol. The average molecular weight is 300 g/mol. The van der Waals surface area contributed by atoms with E-state index in [1.54, 1.807) is 39.5 Å². The third-order valence-electron chi connectivity index (χ3n) is 2.21. The smallest absolute Gasteiger partial charge is 0.256 e. The molecule has 92 valence electrons. The molecule has 2 amide bonds. The molecule has 0 saturated heterocycles. The van der Waals surface area contributed by atoms with Gasteiger partial charge in [-0.3, -0.25) is 9.59 Å². The Labute approximate surface area is 109 Å². The third-order valence-corrected chi connectivity index (χ3v) is 2.84. The van der Waals surface area contributed by atoms with E-state index in [2.05, 4.69) is 20.9 Å². The van der Waals surface area contributed by atoms with E-state index >= 15 is 0 Å². The molecule has 0 aliphatic carbocycles. The quantitative estimate of drug-likeness (QED) is 0.783. The number of halogens is 1. The van der Waals surface area contributed by atoms with Crippen molar-refractivity contribution in [3.05, 3.63) is 28.5 Å². The van der Waals surface area contributed by atoms with E-state index in [-0.39, 0.29) is 18.4 Å². The molecular weight excluding hydrogens is 286 g/mol. The predicted octanol–water partition coefficient (Wildman–Crippen LogP) is 1.00. The number of carbonyl (C=O) groups is 2. The summed E-state index contributed by atoms with van der Waals surface area (Å²) in [5.74, 6) is -0.360. The molecule has 0 aliphatic rings. The van der Waals surface area contributed by atoms with Gasteiger partial charge in [-0.2, -0.15) is 0 Å². The zero-order chi connectivity index (χ0) is 13.0. The maximum Gasteiger partial charge on any atom is 0.256 e. The van der Waals surface area contributed by atoms with Crippen molar-refractivity contribution in [1.29, 1.82) is 0 Å². The maximum absolute atomic E-state index is 12.0. The molecule has 17 heavy (non-hydrogen) atoms. The van der Waals surface area contributed by atoms with Gasteiger partial charge in [0.2, 0.25) is 5.91 Å². The van der Waals surface area contributed by atoms with Crippen LogP contribution in [0.3, 0.4) is 0 Å². The standard InChI is InChI=1S/C11H14BrN3O2/c1-14(2)9(16)7-15(3)11(17)8-5-4-6-13-10(8)12/h4-6H,7H2,1-3H3. The average Bonchev–Trinajstić information content (AvgIpc) is 2.28. The lowest BCUT2D eigenvalue weighted by Gasteiger charge is -2.19. The van der Waals surface area contributed by atoms with Crippen LogP contribution < -0.4 is 0 Å². The first kappa shape index (κ1) is 13.6. The van der Waals surface area contributed by atoms with Crippen molar-refractivity contribution in [2.45, 2.75) is 0 Å². The fourth-order valence-corrected chi connectivity index (χ4v) is 1.59. The molecule has 0 spiro atoms. The Morgan fingerprint density at radius 3 is 2.53 bits per heavy atom. The van der Waals surface area contributed by atoms with Crippen molar-refractivity contribution in [3.63, 3.8) is 0 Å². The number of amides is 2. The van der Waals surface area contributed by atoms with Gasteiger partial charge in [0.25, 0.3) is 5.91 Å². The number of aromatic nitrogens is 1. The van der Waals surface area contributed by atoms with Gasteiger partial charge in [0, 0.05) is 27.3 Å². The first-order valence-corrected chi connectivity index (χ1v) is 5.79. The molecule has 6 heteroatoms. The summed E-state index contributed by atoms with van der Waals surface area (Å²) >= 11 is 3.21. The van der Waals surface area contributed by atoms with E-state index in [4.69, 9.17) is 0 Å². The van der Waals surface area contributed by atoms with Crippen molar-refractivity contribution >= 4 is 27.7 Å². The number of rotatable bonds is 3. The van der Waals surface area contributed by atoms with Gasteiger partial charge in [0.05, 0.1) is 12.1 Å². The molecule has 1 aromatic heterocycles. The molecule has 1 heterocycles. The van der Waals surface area contributed by atoms with E-state index in [0.717, 1.165) is 0 Å². The molecule has 0 fully saturated rings. The van der Waals surface area contributed by atoms with Crippen molar-refractivity contribution in [2.75, 3.05) is 27.7 Å². The summed E-state index contributed by atoms with van der Waals surface area (Å²) in [7, 11) is 4.89. The molecule has 0 unspecified atom stereocenters. The van der Waals surface area contributed by atoms with Gasteiger partial charge < -0.3 is 9.80 Å². The Hall–Kier alpha value is -1.43. The lowest BCUT2D eigenvalue weighted by Crippen LogP contribution is -2.37. The van der Waals surface area contributed by atoms with Crippen LogP contribution in [0.2, 0.25) is 0 Å². The molecule has 1 aromatic rings. The SMILES string of the molecule is CN(C)C(=O)CN(C)C(=O)c1cccnc1Br. The Morgan fingerprint density at radius 1 is 1.35 bits per heavy atom. The fourth-order valence-electron chi connectivity index (χ4n) is 1.17. The van der Waals surface area contributed by atoms with E-state index in [0.29, 0.717) is 10.2 Å². The van der Waals surface area contributed by atoms with Gasteiger partial charge in [-0.25, -0.2) is 4.98 Å². The normalized spacial score (nSPS) is 9.88. The van der Waals surface area contributed by atoms with Crippen molar-refractivity contribution < 1.29 is 9.59 Å². The van der Waals surface area contributed by atoms with Crippen LogP contribution in [0.1, 0.15) is 10.4 Å². The number of carbonyl (C=O) groups excluding carboxylic acids is 2. The van der Waals surface area contributed by atoms with Crippen molar-refractivity contribution in [2.24, 2.45) is 0 Å². The van der Waals surface area contributed by atoms with E-state index in [1.165, 1.54) is 9.80 Å². The Bertz CT molecular complexity index is 434. The molecule has 0 aromatic carbocycles. The van der Waals surface area contributed by atoms with Crippen LogP contribution in [0.25, 0.3) is 0 Å². The van der Waals surface area contributed by atoms with Crippen LogP contribution in [0.15, 0.2) is 22.9 Å². The third kappa shape index (κ3) is 3.52. The zero-order valence-electron chi connectivity index (χ0n) is 9.98. The van der Waals surface area contributed by atoms with E-state index in [1.807, 2.05) is 0 Å². The molecule has 0 N–H and O–H groups in total. The highest BCUT2D eigenvalue weighted by Gasteiger charge is 2.18. The number of pyridine rings is 1. The minimum absolute atomic E-state index is 0.0488. The summed E-state index contributed by atoms with van der Waals surface area (Å²) in [4.78, 5) is 30.3. The van der Waals surface area contributed by atoms with Crippen LogP contribution in [0.4, 0.5) is 0 Å². The lowest BCUT2D eigenvalue weighted by atomic mass is 10.2. The Kier molecular flexibility index (Phi) is 4.62. The highest BCUT2D eigenvalue weighted by Crippen LogP contribution is 2.14. The van der Waals surface area contributed by atoms with Gasteiger partial charge in [0.15, 0.2) is 0 Å². The van der Waals surface area contributed by atoms with Gasteiger partial charge in [-0.05, 0) is 28.1 Å². The molecule has 0 atom stereocenters. The van der Waals surface area contributed by atoms with Crippen molar-refractivity contribution in [1.82, 2.24) is 14.8 Å². The summed E-state index contributed by atoms with van der Waals surface area (Å²) < 4.78 is 0.481. The number of nitrogens with zero attached hydrogens (tertiary/aromatic N) is 3. The first-order valence-electron chi connectivity index (χ1n) is 4.99. The molecule has 0 aliphatic heterocycles. The number of hydrogen-bond acceptors (Lipinski definition) is 3. The summed E-state index contributed by atoms with van der Waals surface area (Å²) in [6.45, 7) is 0.0488. The predicted molar refractivity (Wildman–Crippen MR) is 67.6 cm³/mol. The van der Waals surface area contributed by atoms with Crippen LogP contribution in [0, 0.1) is 0 Å². The van der Waals surface area contributed by atoms with Crippen molar-refractivity contribution in [3.8, 4) is 0 Å².